The van der Waals surface area contributed by atoms with Crippen LogP contribution < -0.4 is 0 Å². The molecule has 4 rings (SSSR count). The first-order valence-electron chi connectivity index (χ1n) is 14.7. The van der Waals surface area contributed by atoms with E-state index < -0.39 is 0 Å². The molecule has 41 heavy (non-hydrogen) atoms. The zero-order chi connectivity index (χ0) is 29.8. The van der Waals surface area contributed by atoms with Crippen molar-refractivity contribution in [3.05, 3.63) is 112 Å². The normalized spacial score (nSPS) is 19.1. The number of pyridine rings is 1. The van der Waals surface area contributed by atoms with E-state index in [1.165, 1.54) is 22.3 Å². The molecule has 0 fully saturated rings. The number of nitrogens with zero attached hydrogens (tertiary/aromatic N) is 6. The third kappa shape index (κ3) is 6.07. The van der Waals surface area contributed by atoms with Crippen LogP contribution in [-0.2, 0) is 6.42 Å². The van der Waals surface area contributed by atoms with Crippen LogP contribution >= 0.6 is 0 Å². The van der Waals surface area contributed by atoms with Crippen LogP contribution in [0.4, 0.5) is 0 Å². The van der Waals surface area contributed by atoms with Crippen LogP contribution in [0.3, 0.4) is 0 Å². The standard InChI is InChI=1S/C35H46N6/c1-11-25(6)37-33(31-15-14-20-36-32(31)13-3)30(12-2)26(7)34(28-18-16-23(4)17-19-28)39(9)29-21-24(5)35-40(10)38-27(8)41(35)22-29/h12,14-22,25,34-35H,2,11,13H2,1,3-10H3/b30-26+,37-33+. The lowest BCUT2D eigenvalue weighted by Crippen LogP contribution is -2.41. The van der Waals surface area contributed by atoms with E-state index in [0.717, 1.165) is 46.9 Å². The summed E-state index contributed by atoms with van der Waals surface area (Å²) < 4.78 is 0. The molecule has 6 nitrogen and oxygen atoms in total. The minimum Gasteiger partial charge on any atom is -0.363 e. The van der Waals surface area contributed by atoms with Crippen LogP contribution in [0, 0.1) is 6.92 Å². The first-order valence-corrected chi connectivity index (χ1v) is 14.7. The summed E-state index contributed by atoms with van der Waals surface area (Å²) in [6, 6.07) is 13.2. The highest BCUT2D eigenvalue weighted by Crippen LogP contribution is 2.37. The molecular weight excluding hydrogens is 504 g/mol. The molecule has 0 amide bonds. The van der Waals surface area contributed by atoms with Gasteiger partial charge in [0.15, 0.2) is 0 Å². The van der Waals surface area contributed by atoms with Crippen molar-refractivity contribution < 1.29 is 0 Å². The smallest absolute Gasteiger partial charge is 0.145 e. The lowest BCUT2D eigenvalue weighted by molar-refractivity contribution is 0.218. The molecule has 0 bridgehead atoms. The van der Waals surface area contributed by atoms with Crippen LogP contribution in [0.25, 0.3) is 0 Å². The van der Waals surface area contributed by atoms with Crippen molar-refractivity contribution in [1.82, 2.24) is 19.8 Å². The predicted molar refractivity (Wildman–Crippen MR) is 173 cm³/mol. The maximum Gasteiger partial charge on any atom is 0.145 e. The summed E-state index contributed by atoms with van der Waals surface area (Å²) in [6.45, 7) is 19.4. The Morgan fingerprint density at radius 3 is 2.49 bits per heavy atom. The summed E-state index contributed by atoms with van der Waals surface area (Å²) in [4.78, 5) is 14.6. The topological polar surface area (TPSA) is 47.3 Å². The highest BCUT2D eigenvalue weighted by molar-refractivity contribution is 6.15. The maximum atomic E-state index is 5.27. The van der Waals surface area contributed by atoms with Gasteiger partial charge < -0.3 is 9.80 Å². The first-order chi connectivity index (χ1) is 19.6. The summed E-state index contributed by atoms with van der Waals surface area (Å²) in [6.07, 6.45) is 10.3. The number of hydrazone groups is 1. The van der Waals surface area contributed by atoms with Gasteiger partial charge in [-0.1, -0.05) is 56.3 Å². The van der Waals surface area contributed by atoms with Gasteiger partial charge in [-0.3, -0.25) is 15.0 Å². The number of rotatable bonds is 10. The van der Waals surface area contributed by atoms with E-state index in [4.69, 9.17) is 15.1 Å². The Labute approximate surface area is 247 Å². The molecule has 0 aliphatic carbocycles. The van der Waals surface area contributed by atoms with Gasteiger partial charge in [-0.15, -0.1) is 0 Å². The van der Waals surface area contributed by atoms with Crippen molar-refractivity contribution in [3.63, 3.8) is 0 Å². The molecule has 2 aliphatic heterocycles. The minimum atomic E-state index is -0.0445. The SMILES string of the molecule is C=CC(/C(=N\C(C)CC)c1cccnc1CC)=C(/C)C(c1ccc(C)cc1)N(C)C1=CN2C(C)=NN(C)C2C(C)=C1. The molecule has 0 saturated heterocycles. The molecular formula is C35H46N6. The average Bonchev–Trinajstić information content (AvgIpc) is 3.26. The summed E-state index contributed by atoms with van der Waals surface area (Å²) in [5, 5.41) is 6.73. The Hall–Kier alpha value is -3.93. The summed E-state index contributed by atoms with van der Waals surface area (Å²) >= 11 is 0. The van der Waals surface area contributed by atoms with Crippen LogP contribution in [0.2, 0.25) is 0 Å². The molecule has 0 radical (unpaired) electrons. The number of aryl methyl sites for hydroxylation is 2. The van der Waals surface area contributed by atoms with E-state index in [2.05, 4.69) is 115 Å². The second-order valence-corrected chi connectivity index (χ2v) is 11.3. The van der Waals surface area contributed by atoms with Crippen LogP contribution in [0.1, 0.15) is 76.4 Å². The number of aliphatic imine (C=N–C) groups is 1. The molecule has 0 N–H and O–H groups in total. The number of hydrogen-bond donors (Lipinski definition) is 0. The fraction of sp³-hybridized carbons (Fsp3) is 0.400. The van der Waals surface area contributed by atoms with E-state index in [-0.39, 0.29) is 18.2 Å². The highest BCUT2D eigenvalue weighted by atomic mass is 15.6. The van der Waals surface area contributed by atoms with E-state index in [1.54, 1.807) is 0 Å². The third-order valence-corrected chi connectivity index (χ3v) is 8.25. The monoisotopic (exact) mass is 550 g/mol. The van der Waals surface area contributed by atoms with Crippen LogP contribution in [0.5, 0.6) is 0 Å². The van der Waals surface area contributed by atoms with Gasteiger partial charge in [0.1, 0.15) is 12.0 Å². The molecule has 1 aromatic carbocycles. The van der Waals surface area contributed by atoms with Gasteiger partial charge in [-0.2, -0.15) is 5.10 Å². The number of allylic oxidation sites excluding steroid dienone is 3. The maximum absolute atomic E-state index is 5.27. The number of fused-ring (bicyclic) bond motifs is 1. The number of aromatic nitrogens is 1. The number of benzene rings is 1. The quantitative estimate of drug-likeness (QED) is 0.228. The van der Waals surface area contributed by atoms with Crippen LogP contribution in [0.15, 0.2) is 100 Å². The van der Waals surface area contributed by atoms with Gasteiger partial charge in [0.25, 0.3) is 0 Å². The van der Waals surface area contributed by atoms with Gasteiger partial charge in [0.2, 0.25) is 0 Å². The molecule has 3 heterocycles. The van der Waals surface area contributed by atoms with Crippen molar-refractivity contribution in [2.45, 2.75) is 79.6 Å². The van der Waals surface area contributed by atoms with Gasteiger partial charge in [-0.05, 0) is 82.4 Å². The van der Waals surface area contributed by atoms with Gasteiger partial charge in [-0.25, -0.2) is 0 Å². The van der Waals surface area contributed by atoms with Gasteiger partial charge in [0.05, 0.1) is 17.5 Å². The molecule has 0 saturated carbocycles. The lowest BCUT2D eigenvalue weighted by atomic mass is 9.88. The Morgan fingerprint density at radius 1 is 1.15 bits per heavy atom. The lowest BCUT2D eigenvalue weighted by Gasteiger charge is -2.38. The second-order valence-electron chi connectivity index (χ2n) is 11.3. The van der Waals surface area contributed by atoms with Crippen LogP contribution in [-0.4, -0.2) is 57.6 Å². The van der Waals surface area contributed by atoms with Crippen molar-refractivity contribution in [1.29, 1.82) is 0 Å². The zero-order valence-electron chi connectivity index (χ0n) is 26.3. The average molecular weight is 551 g/mol. The number of likely N-dealkylation sites (N-methyl/N-ethyl adjacent to an activating group) is 2. The molecule has 3 unspecified atom stereocenters. The summed E-state index contributed by atoms with van der Waals surface area (Å²) in [7, 11) is 4.22. The molecule has 1 aromatic heterocycles. The van der Waals surface area contributed by atoms with E-state index in [9.17, 15) is 0 Å². The van der Waals surface area contributed by atoms with Crippen molar-refractivity contribution >= 4 is 11.5 Å². The summed E-state index contributed by atoms with van der Waals surface area (Å²) in [5.41, 5.74) is 10.2. The molecule has 6 heteroatoms. The fourth-order valence-electron chi connectivity index (χ4n) is 5.83. The third-order valence-electron chi connectivity index (χ3n) is 8.25. The Kier molecular flexibility index (Phi) is 9.31. The van der Waals surface area contributed by atoms with E-state index in [0.29, 0.717) is 0 Å². The Balaban J connectivity index is 1.92. The Bertz CT molecular complexity index is 1420. The first kappa shape index (κ1) is 30.0. The molecule has 0 spiro atoms. The fourth-order valence-corrected chi connectivity index (χ4v) is 5.83. The summed E-state index contributed by atoms with van der Waals surface area (Å²) in [5.74, 6) is 0.994. The molecule has 3 atom stereocenters. The van der Waals surface area contributed by atoms with Crippen molar-refractivity contribution in [2.24, 2.45) is 10.1 Å². The number of amidine groups is 1. The van der Waals surface area contributed by atoms with E-state index in [1.807, 2.05) is 30.4 Å². The van der Waals surface area contributed by atoms with Gasteiger partial charge in [0, 0.05) is 49.4 Å². The molecule has 2 aliphatic rings. The zero-order valence-corrected chi connectivity index (χ0v) is 26.3. The molecule has 2 aromatic rings. The van der Waals surface area contributed by atoms with Crippen molar-refractivity contribution in [2.75, 3.05) is 14.1 Å². The second kappa shape index (κ2) is 12.7. The predicted octanol–water partition coefficient (Wildman–Crippen LogP) is 7.42. The number of hydrogen-bond acceptors (Lipinski definition) is 6. The largest absolute Gasteiger partial charge is 0.363 e. The molecule has 216 valence electrons. The highest BCUT2D eigenvalue weighted by Gasteiger charge is 2.34. The Morgan fingerprint density at radius 2 is 1.85 bits per heavy atom. The van der Waals surface area contributed by atoms with E-state index >= 15 is 0 Å². The van der Waals surface area contributed by atoms with Crippen molar-refractivity contribution in [3.8, 4) is 0 Å². The van der Waals surface area contributed by atoms with Gasteiger partial charge >= 0.3 is 0 Å². The minimum absolute atomic E-state index is 0.0445.